The average molecular weight is 388 g/mol. The number of rotatable bonds is 7. The van der Waals surface area contributed by atoms with E-state index in [1.807, 2.05) is 18.2 Å². The Morgan fingerprint density at radius 2 is 2.00 bits per heavy atom. The van der Waals surface area contributed by atoms with Crippen LogP contribution >= 0.6 is 23.4 Å². The predicted octanol–water partition coefficient (Wildman–Crippen LogP) is 4.80. The van der Waals surface area contributed by atoms with Crippen molar-refractivity contribution in [3.63, 3.8) is 0 Å². The van der Waals surface area contributed by atoms with Crippen molar-refractivity contribution in [2.75, 3.05) is 11.1 Å². The van der Waals surface area contributed by atoms with E-state index in [2.05, 4.69) is 34.6 Å². The first kappa shape index (κ1) is 18.5. The summed E-state index contributed by atoms with van der Waals surface area (Å²) in [7, 11) is 0. The fourth-order valence-corrected chi connectivity index (χ4v) is 3.20. The lowest BCUT2D eigenvalue weighted by Crippen LogP contribution is -2.13. The van der Waals surface area contributed by atoms with Gasteiger partial charge in [0.1, 0.15) is 0 Å². The van der Waals surface area contributed by atoms with Crippen LogP contribution in [0.1, 0.15) is 24.3 Å². The fourth-order valence-electron chi connectivity index (χ4n) is 2.43. The molecule has 2 aromatic carbocycles. The quantitative estimate of drug-likeness (QED) is 0.590. The molecule has 134 valence electrons. The van der Waals surface area contributed by atoms with Crippen molar-refractivity contribution in [1.82, 2.24) is 10.2 Å². The molecule has 1 atom stereocenters. The zero-order valence-corrected chi connectivity index (χ0v) is 15.8. The van der Waals surface area contributed by atoms with Gasteiger partial charge in [0.15, 0.2) is 0 Å². The van der Waals surface area contributed by atoms with E-state index in [1.165, 1.54) is 17.3 Å². The molecule has 0 saturated carbocycles. The van der Waals surface area contributed by atoms with Crippen molar-refractivity contribution >= 4 is 35.0 Å². The summed E-state index contributed by atoms with van der Waals surface area (Å²) in [5.41, 5.74) is 1.88. The number of nitrogens with zero attached hydrogens (tertiary/aromatic N) is 2. The van der Waals surface area contributed by atoms with Crippen LogP contribution in [-0.4, -0.2) is 21.9 Å². The molecule has 1 amide bonds. The zero-order chi connectivity index (χ0) is 18.4. The SMILES string of the molecule is CC(Cc1nnc(SCC(=O)Nc2cccc(Cl)c2)o1)c1ccccc1. The van der Waals surface area contributed by atoms with Gasteiger partial charge in [-0.05, 0) is 29.7 Å². The van der Waals surface area contributed by atoms with Gasteiger partial charge in [-0.3, -0.25) is 4.79 Å². The number of anilines is 1. The molecule has 1 unspecified atom stereocenters. The normalized spacial score (nSPS) is 11.9. The predicted molar refractivity (Wildman–Crippen MR) is 104 cm³/mol. The minimum Gasteiger partial charge on any atom is -0.416 e. The van der Waals surface area contributed by atoms with E-state index in [4.69, 9.17) is 16.0 Å². The van der Waals surface area contributed by atoms with Crippen LogP contribution in [-0.2, 0) is 11.2 Å². The Morgan fingerprint density at radius 1 is 1.19 bits per heavy atom. The van der Waals surface area contributed by atoms with E-state index in [1.54, 1.807) is 24.3 Å². The van der Waals surface area contributed by atoms with Crippen LogP contribution in [0, 0.1) is 0 Å². The minimum absolute atomic E-state index is 0.158. The molecule has 1 heterocycles. The molecule has 0 spiro atoms. The van der Waals surface area contributed by atoms with Crippen LogP contribution in [0.5, 0.6) is 0 Å². The smallest absolute Gasteiger partial charge is 0.277 e. The molecule has 3 aromatic rings. The van der Waals surface area contributed by atoms with Crippen LogP contribution < -0.4 is 5.32 Å². The third-order valence-corrected chi connectivity index (χ3v) is 4.79. The molecule has 0 fully saturated rings. The summed E-state index contributed by atoms with van der Waals surface area (Å²) in [5, 5.41) is 11.8. The second kappa shape index (κ2) is 8.87. The molecule has 0 aliphatic rings. The van der Waals surface area contributed by atoms with Crippen molar-refractivity contribution < 1.29 is 9.21 Å². The highest BCUT2D eigenvalue weighted by Crippen LogP contribution is 2.22. The van der Waals surface area contributed by atoms with Crippen LogP contribution in [0.4, 0.5) is 5.69 Å². The number of carbonyl (C=O) groups is 1. The molecule has 7 heteroatoms. The Bertz CT molecular complexity index is 870. The molecule has 26 heavy (non-hydrogen) atoms. The van der Waals surface area contributed by atoms with Crippen molar-refractivity contribution in [1.29, 1.82) is 0 Å². The molecule has 0 aliphatic carbocycles. The maximum absolute atomic E-state index is 12.0. The Hall–Kier alpha value is -2.31. The summed E-state index contributed by atoms with van der Waals surface area (Å²) in [6.07, 6.45) is 0.659. The van der Waals surface area contributed by atoms with E-state index in [-0.39, 0.29) is 17.6 Å². The second-order valence-corrected chi connectivity index (χ2v) is 7.19. The van der Waals surface area contributed by atoms with Gasteiger partial charge in [0.2, 0.25) is 11.8 Å². The average Bonchev–Trinajstić information content (AvgIpc) is 3.08. The largest absolute Gasteiger partial charge is 0.416 e. The monoisotopic (exact) mass is 387 g/mol. The summed E-state index contributed by atoms with van der Waals surface area (Å²) >= 11 is 7.11. The summed E-state index contributed by atoms with van der Waals surface area (Å²) in [6, 6.07) is 17.2. The first-order valence-electron chi connectivity index (χ1n) is 8.15. The Morgan fingerprint density at radius 3 is 2.77 bits per heavy atom. The summed E-state index contributed by atoms with van der Waals surface area (Å²) in [4.78, 5) is 12.0. The Labute approximate surface area is 161 Å². The molecule has 0 radical (unpaired) electrons. The molecular weight excluding hydrogens is 370 g/mol. The number of thioether (sulfide) groups is 1. The lowest BCUT2D eigenvalue weighted by molar-refractivity contribution is -0.113. The Balaban J connectivity index is 1.50. The van der Waals surface area contributed by atoms with Gasteiger partial charge in [0.05, 0.1) is 5.75 Å². The molecular formula is C19H18ClN3O2S. The summed E-state index contributed by atoms with van der Waals surface area (Å²) < 4.78 is 5.64. The van der Waals surface area contributed by atoms with Crippen molar-refractivity contribution in [3.8, 4) is 0 Å². The van der Waals surface area contributed by atoms with Gasteiger partial charge >= 0.3 is 0 Å². The van der Waals surface area contributed by atoms with Crippen LogP contribution in [0.2, 0.25) is 5.02 Å². The summed E-state index contributed by atoms with van der Waals surface area (Å²) in [6.45, 7) is 2.12. The molecule has 5 nitrogen and oxygen atoms in total. The van der Waals surface area contributed by atoms with Crippen molar-refractivity contribution in [2.24, 2.45) is 0 Å². The standard InChI is InChI=1S/C19H18ClN3O2S/c1-13(14-6-3-2-4-7-14)10-18-22-23-19(25-18)26-12-17(24)21-16-9-5-8-15(20)11-16/h2-9,11,13H,10,12H2,1H3,(H,21,24). The van der Waals surface area contributed by atoms with E-state index in [0.29, 0.717) is 28.2 Å². The number of hydrogen-bond acceptors (Lipinski definition) is 5. The third kappa shape index (κ3) is 5.34. The highest BCUT2D eigenvalue weighted by atomic mass is 35.5. The number of benzene rings is 2. The first-order valence-corrected chi connectivity index (χ1v) is 9.52. The van der Waals surface area contributed by atoms with Gasteiger partial charge in [-0.15, -0.1) is 10.2 Å². The minimum atomic E-state index is -0.158. The molecule has 0 saturated heterocycles. The number of halogens is 1. The lowest BCUT2D eigenvalue weighted by Gasteiger charge is -2.08. The molecule has 1 aromatic heterocycles. The third-order valence-electron chi connectivity index (χ3n) is 3.73. The van der Waals surface area contributed by atoms with Crippen LogP contribution in [0.25, 0.3) is 0 Å². The molecule has 3 rings (SSSR count). The number of carbonyl (C=O) groups excluding carboxylic acids is 1. The maximum Gasteiger partial charge on any atom is 0.277 e. The van der Waals surface area contributed by atoms with Gasteiger partial charge in [0, 0.05) is 17.1 Å². The van der Waals surface area contributed by atoms with E-state index in [0.717, 1.165) is 0 Å². The van der Waals surface area contributed by atoms with Crippen LogP contribution in [0.15, 0.2) is 64.2 Å². The zero-order valence-electron chi connectivity index (χ0n) is 14.2. The maximum atomic E-state index is 12.0. The summed E-state index contributed by atoms with van der Waals surface area (Å²) in [5.74, 6) is 0.872. The molecule has 0 bridgehead atoms. The number of aromatic nitrogens is 2. The molecule has 1 N–H and O–H groups in total. The first-order chi connectivity index (χ1) is 12.6. The second-order valence-electron chi connectivity index (χ2n) is 5.82. The lowest BCUT2D eigenvalue weighted by atomic mass is 9.98. The van der Waals surface area contributed by atoms with Crippen LogP contribution in [0.3, 0.4) is 0 Å². The highest BCUT2D eigenvalue weighted by molar-refractivity contribution is 7.99. The van der Waals surface area contributed by atoms with E-state index >= 15 is 0 Å². The topological polar surface area (TPSA) is 68.0 Å². The van der Waals surface area contributed by atoms with Gasteiger partial charge in [-0.1, -0.05) is 66.7 Å². The van der Waals surface area contributed by atoms with Crippen molar-refractivity contribution in [3.05, 3.63) is 71.1 Å². The van der Waals surface area contributed by atoms with Gasteiger partial charge in [0.25, 0.3) is 5.22 Å². The van der Waals surface area contributed by atoms with Gasteiger partial charge in [-0.25, -0.2) is 0 Å². The van der Waals surface area contributed by atoms with Crippen molar-refractivity contribution in [2.45, 2.75) is 24.5 Å². The number of amides is 1. The Kier molecular flexibility index (Phi) is 6.30. The number of nitrogens with one attached hydrogen (secondary N) is 1. The molecule has 0 aliphatic heterocycles. The number of hydrogen-bond donors (Lipinski definition) is 1. The fraction of sp³-hybridized carbons (Fsp3) is 0.211. The van der Waals surface area contributed by atoms with E-state index < -0.39 is 0 Å². The highest BCUT2D eigenvalue weighted by Gasteiger charge is 2.14. The van der Waals surface area contributed by atoms with Gasteiger partial charge < -0.3 is 9.73 Å². The van der Waals surface area contributed by atoms with E-state index in [9.17, 15) is 4.79 Å². The van der Waals surface area contributed by atoms with Gasteiger partial charge in [-0.2, -0.15) is 0 Å².